The van der Waals surface area contributed by atoms with E-state index in [2.05, 4.69) is 5.73 Å². The Bertz CT molecular complexity index is 510. The van der Waals surface area contributed by atoms with Gasteiger partial charge < -0.3 is 16.2 Å². The van der Waals surface area contributed by atoms with Gasteiger partial charge in [0.1, 0.15) is 11.5 Å². The zero-order valence-electron chi connectivity index (χ0n) is 11.1. The average Bonchev–Trinajstić information content (AvgIpc) is 2.38. The van der Waals surface area contributed by atoms with Crippen molar-refractivity contribution in [3.05, 3.63) is 53.6 Å². The minimum absolute atomic E-state index is 0.759. The standard InChI is InChI=1S/C14H15NO.CH5N/c1-10-5-3-4-6-13(10)16-14-8-7-12(15)9-11(14)2;1-2/h3-9H,15H2,1-2H3;2H2,1H3. The highest BCUT2D eigenvalue weighted by Crippen LogP contribution is 2.28. The van der Waals surface area contributed by atoms with Crippen LogP contribution in [0.1, 0.15) is 11.1 Å². The van der Waals surface area contributed by atoms with Crippen LogP contribution in [0.2, 0.25) is 0 Å². The number of nitrogen functional groups attached to an aromatic ring is 1. The lowest BCUT2D eigenvalue weighted by molar-refractivity contribution is 0.475. The number of ether oxygens (including phenoxy) is 1. The summed E-state index contributed by atoms with van der Waals surface area (Å²) >= 11 is 0. The van der Waals surface area contributed by atoms with Crippen molar-refractivity contribution < 1.29 is 4.74 Å². The van der Waals surface area contributed by atoms with Crippen LogP contribution in [0.15, 0.2) is 42.5 Å². The molecule has 2 rings (SSSR count). The maximum atomic E-state index is 5.84. The second-order valence-corrected chi connectivity index (χ2v) is 3.89. The minimum Gasteiger partial charge on any atom is -0.457 e. The summed E-state index contributed by atoms with van der Waals surface area (Å²) in [5.74, 6) is 1.74. The topological polar surface area (TPSA) is 61.3 Å². The normalized spacial score (nSPS) is 9.33. The molecule has 96 valence electrons. The maximum Gasteiger partial charge on any atom is 0.130 e. The van der Waals surface area contributed by atoms with Crippen molar-refractivity contribution in [3.8, 4) is 11.5 Å². The molecule has 0 saturated heterocycles. The van der Waals surface area contributed by atoms with Gasteiger partial charge in [-0.05, 0) is 56.3 Å². The summed E-state index contributed by atoms with van der Waals surface area (Å²) in [5, 5.41) is 0. The van der Waals surface area contributed by atoms with Crippen molar-refractivity contribution in [2.45, 2.75) is 13.8 Å². The van der Waals surface area contributed by atoms with Crippen LogP contribution < -0.4 is 16.2 Å². The summed E-state index contributed by atoms with van der Waals surface area (Å²) in [6.45, 7) is 4.02. The Morgan fingerprint density at radius 3 is 2.06 bits per heavy atom. The molecule has 0 unspecified atom stereocenters. The number of hydrogen-bond acceptors (Lipinski definition) is 3. The first kappa shape index (κ1) is 14.1. The van der Waals surface area contributed by atoms with Crippen molar-refractivity contribution in [1.29, 1.82) is 0 Å². The monoisotopic (exact) mass is 244 g/mol. The summed E-state index contributed by atoms with van der Waals surface area (Å²) in [5.41, 5.74) is 13.1. The quantitative estimate of drug-likeness (QED) is 0.797. The molecule has 0 aliphatic carbocycles. The number of hydrogen-bond donors (Lipinski definition) is 2. The van der Waals surface area contributed by atoms with Crippen LogP contribution in [0.4, 0.5) is 5.69 Å². The summed E-state index contributed by atoms with van der Waals surface area (Å²) in [4.78, 5) is 0. The highest BCUT2D eigenvalue weighted by Gasteiger charge is 2.03. The van der Waals surface area contributed by atoms with E-state index in [-0.39, 0.29) is 0 Å². The molecule has 3 heteroatoms. The Balaban J connectivity index is 0.000000771. The fraction of sp³-hybridized carbons (Fsp3) is 0.200. The molecule has 4 N–H and O–H groups in total. The molecule has 0 radical (unpaired) electrons. The second kappa shape index (κ2) is 6.67. The molecule has 0 fully saturated rings. The van der Waals surface area contributed by atoms with E-state index in [9.17, 15) is 0 Å². The molecule has 0 amide bonds. The fourth-order valence-electron chi connectivity index (χ4n) is 1.58. The Kier molecular flexibility index (Phi) is 5.21. The number of anilines is 1. The molecule has 18 heavy (non-hydrogen) atoms. The number of aryl methyl sites for hydroxylation is 2. The van der Waals surface area contributed by atoms with Gasteiger partial charge in [0, 0.05) is 5.69 Å². The predicted octanol–water partition coefficient (Wildman–Crippen LogP) is 3.25. The zero-order valence-corrected chi connectivity index (χ0v) is 11.1. The van der Waals surface area contributed by atoms with Crippen LogP contribution in [0.5, 0.6) is 11.5 Å². The molecule has 0 atom stereocenters. The van der Waals surface area contributed by atoms with E-state index in [4.69, 9.17) is 10.5 Å². The van der Waals surface area contributed by atoms with Crippen molar-refractivity contribution >= 4 is 5.69 Å². The van der Waals surface area contributed by atoms with Crippen LogP contribution in [-0.2, 0) is 0 Å². The predicted molar refractivity (Wildman–Crippen MR) is 77.0 cm³/mol. The molecule has 3 nitrogen and oxygen atoms in total. The first-order valence-electron chi connectivity index (χ1n) is 5.84. The molecule has 0 spiro atoms. The lowest BCUT2D eigenvalue weighted by Gasteiger charge is -2.11. The first-order valence-corrected chi connectivity index (χ1v) is 5.84. The van der Waals surface area contributed by atoms with E-state index in [0.29, 0.717) is 0 Å². The van der Waals surface area contributed by atoms with Gasteiger partial charge >= 0.3 is 0 Å². The van der Waals surface area contributed by atoms with Gasteiger partial charge in [-0.3, -0.25) is 0 Å². The van der Waals surface area contributed by atoms with Crippen LogP contribution in [0, 0.1) is 13.8 Å². The number of nitrogens with two attached hydrogens (primary N) is 2. The third kappa shape index (κ3) is 3.50. The van der Waals surface area contributed by atoms with Crippen LogP contribution in [0.3, 0.4) is 0 Å². The Labute approximate surface area is 108 Å². The molecule has 0 aliphatic rings. The third-order valence-electron chi connectivity index (χ3n) is 2.51. The lowest BCUT2D eigenvalue weighted by Crippen LogP contribution is -1.91. The van der Waals surface area contributed by atoms with Gasteiger partial charge in [-0.25, -0.2) is 0 Å². The van der Waals surface area contributed by atoms with Gasteiger partial charge in [0.05, 0.1) is 0 Å². The molecule has 0 saturated carbocycles. The molecule has 0 bridgehead atoms. The highest BCUT2D eigenvalue weighted by atomic mass is 16.5. The van der Waals surface area contributed by atoms with E-state index < -0.39 is 0 Å². The van der Waals surface area contributed by atoms with E-state index in [1.165, 1.54) is 7.05 Å². The van der Waals surface area contributed by atoms with Gasteiger partial charge in [-0.2, -0.15) is 0 Å². The Morgan fingerprint density at radius 1 is 0.833 bits per heavy atom. The molecule has 2 aromatic rings. The second-order valence-electron chi connectivity index (χ2n) is 3.89. The van der Waals surface area contributed by atoms with E-state index in [1.54, 1.807) is 0 Å². The first-order chi connectivity index (χ1) is 8.66. The molecular weight excluding hydrogens is 224 g/mol. The van der Waals surface area contributed by atoms with Crippen molar-refractivity contribution in [2.75, 3.05) is 12.8 Å². The molecule has 2 aromatic carbocycles. The smallest absolute Gasteiger partial charge is 0.130 e. The fourth-order valence-corrected chi connectivity index (χ4v) is 1.58. The van der Waals surface area contributed by atoms with Gasteiger partial charge in [-0.1, -0.05) is 18.2 Å². The third-order valence-corrected chi connectivity index (χ3v) is 2.51. The molecule has 0 aromatic heterocycles. The van der Waals surface area contributed by atoms with Gasteiger partial charge in [0.15, 0.2) is 0 Å². The maximum absolute atomic E-state index is 5.84. The van der Waals surface area contributed by atoms with Gasteiger partial charge in [0.25, 0.3) is 0 Å². The van der Waals surface area contributed by atoms with Crippen molar-refractivity contribution in [1.82, 2.24) is 0 Å². The van der Waals surface area contributed by atoms with E-state index in [0.717, 1.165) is 28.3 Å². The summed E-state index contributed by atoms with van der Waals surface area (Å²) < 4.78 is 5.84. The zero-order chi connectivity index (χ0) is 13.5. The molecule has 0 aliphatic heterocycles. The largest absolute Gasteiger partial charge is 0.457 e. The van der Waals surface area contributed by atoms with Gasteiger partial charge in [0.2, 0.25) is 0 Å². The number of rotatable bonds is 2. The Hall–Kier alpha value is -2.00. The molecular formula is C15H20N2O. The van der Waals surface area contributed by atoms with Crippen LogP contribution in [-0.4, -0.2) is 7.05 Å². The average molecular weight is 244 g/mol. The summed E-state index contributed by atoms with van der Waals surface area (Å²) in [6.07, 6.45) is 0. The lowest BCUT2D eigenvalue weighted by atomic mass is 10.2. The SMILES string of the molecule is CN.Cc1ccccc1Oc1ccc(N)cc1C. The minimum atomic E-state index is 0.759. The van der Waals surface area contributed by atoms with Crippen LogP contribution in [0.25, 0.3) is 0 Å². The van der Waals surface area contributed by atoms with Gasteiger partial charge in [-0.15, -0.1) is 0 Å². The summed E-state index contributed by atoms with van der Waals surface area (Å²) in [6, 6.07) is 13.6. The van der Waals surface area contributed by atoms with E-state index >= 15 is 0 Å². The van der Waals surface area contributed by atoms with Crippen LogP contribution >= 0.6 is 0 Å². The molecule has 0 heterocycles. The summed E-state index contributed by atoms with van der Waals surface area (Å²) in [7, 11) is 1.50. The van der Waals surface area contributed by atoms with Crippen molar-refractivity contribution in [2.24, 2.45) is 5.73 Å². The highest BCUT2D eigenvalue weighted by molar-refractivity contribution is 5.49. The number of para-hydroxylation sites is 1. The van der Waals surface area contributed by atoms with Crippen molar-refractivity contribution in [3.63, 3.8) is 0 Å². The number of benzene rings is 2. The van der Waals surface area contributed by atoms with E-state index in [1.807, 2.05) is 56.3 Å². The Morgan fingerprint density at radius 2 is 1.44 bits per heavy atom.